The highest BCUT2D eigenvalue weighted by Gasteiger charge is 2.36. The highest BCUT2D eigenvalue weighted by atomic mass is 19.4. The van der Waals surface area contributed by atoms with E-state index in [0.717, 1.165) is 24.5 Å². The fourth-order valence-electron chi connectivity index (χ4n) is 3.28. The molecule has 0 fully saturated rings. The van der Waals surface area contributed by atoms with Gasteiger partial charge in [-0.1, -0.05) is 0 Å². The second kappa shape index (κ2) is 8.69. The van der Waals surface area contributed by atoms with E-state index in [2.05, 4.69) is 30.2 Å². The molecule has 34 heavy (non-hydrogen) atoms. The van der Waals surface area contributed by atoms with Gasteiger partial charge in [-0.25, -0.2) is 24.9 Å². The molecule has 0 aromatic carbocycles. The largest absolute Gasteiger partial charge is 0.418 e. The second-order valence-corrected chi connectivity index (χ2v) is 7.19. The Hall–Kier alpha value is -4.08. The van der Waals surface area contributed by atoms with E-state index in [0.29, 0.717) is 5.69 Å². The number of nitrogens with one attached hydrogen (secondary N) is 1. The van der Waals surface area contributed by atoms with E-state index in [1.54, 1.807) is 6.07 Å². The third-order valence-corrected chi connectivity index (χ3v) is 4.88. The number of anilines is 1. The van der Waals surface area contributed by atoms with Crippen molar-refractivity contribution in [2.24, 2.45) is 4.99 Å². The van der Waals surface area contributed by atoms with E-state index in [1.165, 1.54) is 12.3 Å². The van der Waals surface area contributed by atoms with Crippen LogP contribution in [-0.2, 0) is 6.18 Å². The molecule has 4 rings (SSSR count). The monoisotopic (exact) mass is 477 g/mol. The van der Waals surface area contributed by atoms with Crippen LogP contribution in [0.1, 0.15) is 30.5 Å². The Morgan fingerprint density at radius 1 is 0.941 bits per heavy atom. The molecule has 0 radical (unpaired) electrons. The van der Waals surface area contributed by atoms with Crippen LogP contribution in [-0.4, -0.2) is 31.9 Å². The summed E-state index contributed by atoms with van der Waals surface area (Å²) in [6.45, 7) is 0. The van der Waals surface area contributed by atoms with Gasteiger partial charge >= 0.3 is 12.4 Å². The van der Waals surface area contributed by atoms with Crippen molar-refractivity contribution in [1.82, 2.24) is 19.9 Å². The number of amidine groups is 1. The Labute approximate surface area is 187 Å². The predicted molar refractivity (Wildman–Crippen MR) is 109 cm³/mol. The van der Waals surface area contributed by atoms with Crippen LogP contribution < -0.4 is 5.32 Å². The fourth-order valence-corrected chi connectivity index (χ4v) is 3.28. The average Bonchev–Trinajstić information content (AvgIpc) is 3.03. The molecule has 3 aromatic rings. The van der Waals surface area contributed by atoms with Gasteiger partial charge in [0.25, 0.3) is 0 Å². The van der Waals surface area contributed by atoms with Crippen LogP contribution in [0.4, 0.5) is 32.0 Å². The quantitative estimate of drug-likeness (QED) is 0.495. The van der Waals surface area contributed by atoms with Crippen molar-refractivity contribution in [2.45, 2.75) is 31.6 Å². The number of nitrogens with zero attached hydrogens (tertiary/aromatic N) is 6. The second-order valence-electron chi connectivity index (χ2n) is 7.19. The summed E-state index contributed by atoms with van der Waals surface area (Å²) >= 11 is 0. The molecule has 4 heterocycles. The number of aliphatic imine (C=N–C) groups is 1. The van der Waals surface area contributed by atoms with Crippen molar-refractivity contribution in [2.75, 3.05) is 5.32 Å². The summed E-state index contributed by atoms with van der Waals surface area (Å²) in [7, 11) is 0. The first-order chi connectivity index (χ1) is 16.1. The van der Waals surface area contributed by atoms with Crippen LogP contribution in [0.5, 0.6) is 0 Å². The van der Waals surface area contributed by atoms with Crippen LogP contribution in [0.25, 0.3) is 22.6 Å². The van der Waals surface area contributed by atoms with E-state index >= 15 is 0 Å². The van der Waals surface area contributed by atoms with E-state index in [-0.39, 0.29) is 47.6 Å². The summed E-state index contributed by atoms with van der Waals surface area (Å²) in [6, 6.07) is 4.87. The molecule has 7 nitrogen and oxygen atoms in total. The Balaban J connectivity index is 1.72. The summed E-state index contributed by atoms with van der Waals surface area (Å²) in [5.74, 6) is 0.264. The van der Waals surface area contributed by atoms with Crippen molar-refractivity contribution < 1.29 is 26.3 Å². The SMILES string of the molecule is N#Cc1ccc(C(F)(F)F)c(-c2cnc3c(NC4=NC=C(C(F)(F)F)CCC4)ccnc3n2)n1. The van der Waals surface area contributed by atoms with Crippen LogP contribution in [0.2, 0.25) is 0 Å². The van der Waals surface area contributed by atoms with Crippen molar-refractivity contribution in [1.29, 1.82) is 5.26 Å². The lowest BCUT2D eigenvalue weighted by atomic mass is 10.1. The van der Waals surface area contributed by atoms with Crippen LogP contribution in [0.3, 0.4) is 0 Å². The van der Waals surface area contributed by atoms with Gasteiger partial charge in [0.2, 0.25) is 0 Å². The molecule has 13 heteroatoms. The van der Waals surface area contributed by atoms with Gasteiger partial charge in [0.05, 0.1) is 23.0 Å². The van der Waals surface area contributed by atoms with Crippen molar-refractivity contribution in [3.8, 4) is 17.5 Å². The number of pyridine rings is 2. The summed E-state index contributed by atoms with van der Waals surface area (Å²) in [6.07, 6.45) is -5.77. The first-order valence-electron chi connectivity index (χ1n) is 9.76. The predicted octanol–water partition coefficient (Wildman–Crippen LogP) is 5.42. The maximum atomic E-state index is 13.5. The normalized spacial score (nSPS) is 14.7. The number of aromatic nitrogens is 4. The molecule has 0 amide bonds. The van der Waals surface area contributed by atoms with Gasteiger partial charge < -0.3 is 5.32 Å². The summed E-state index contributed by atoms with van der Waals surface area (Å²) in [5.41, 5.74) is -2.41. The molecular formula is C21H13F6N7. The molecule has 0 unspecified atom stereocenters. The lowest BCUT2D eigenvalue weighted by Crippen LogP contribution is -2.12. The molecule has 1 aliphatic heterocycles. The number of rotatable bonds is 2. The molecule has 0 saturated heterocycles. The average molecular weight is 477 g/mol. The van der Waals surface area contributed by atoms with Gasteiger partial charge in [0, 0.05) is 18.8 Å². The number of fused-ring (bicyclic) bond motifs is 1. The molecule has 3 aromatic heterocycles. The number of nitriles is 1. The number of allylic oxidation sites excluding steroid dienone is 1. The van der Waals surface area contributed by atoms with E-state index in [1.807, 2.05) is 0 Å². The zero-order valence-electron chi connectivity index (χ0n) is 17.0. The minimum atomic E-state index is -4.75. The highest BCUT2D eigenvalue weighted by Crippen LogP contribution is 2.36. The summed E-state index contributed by atoms with van der Waals surface area (Å²) < 4.78 is 79.2. The summed E-state index contributed by atoms with van der Waals surface area (Å²) in [5, 5.41) is 11.9. The third kappa shape index (κ3) is 4.80. The molecule has 0 aliphatic carbocycles. The van der Waals surface area contributed by atoms with E-state index in [9.17, 15) is 26.3 Å². The maximum Gasteiger partial charge on any atom is 0.418 e. The van der Waals surface area contributed by atoms with Crippen molar-refractivity contribution in [3.05, 3.63) is 53.6 Å². The van der Waals surface area contributed by atoms with Gasteiger partial charge in [-0.2, -0.15) is 31.6 Å². The topological polar surface area (TPSA) is 99.7 Å². The molecule has 0 bridgehead atoms. The fraction of sp³-hybridized carbons (Fsp3) is 0.238. The number of hydrogen-bond acceptors (Lipinski definition) is 7. The first-order valence-corrected chi connectivity index (χ1v) is 9.76. The van der Waals surface area contributed by atoms with Gasteiger partial charge in [0.15, 0.2) is 5.65 Å². The molecule has 0 spiro atoms. The smallest absolute Gasteiger partial charge is 0.342 e. The molecule has 1 N–H and O–H groups in total. The van der Waals surface area contributed by atoms with Gasteiger partial charge in [-0.3, -0.25) is 0 Å². The molecular weight excluding hydrogens is 464 g/mol. The standard InChI is InChI=1S/C21H13F6N7/c22-20(23,24)11-2-1-3-16(30-9-11)33-14-6-7-29-19-18(14)31-10-15(34-19)17-13(21(25,26)27)5-4-12(8-28)32-17/h4-7,9-10H,1-3H2,(H,29,30,33,34). The van der Waals surface area contributed by atoms with Crippen molar-refractivity contribution >= 4 is 22.7 Å². The number of alkyl halides is 6. The van der Waals surface area contributed by atoms with E-state index < -0.39 is 29.2 Å². The Kier molecular flexibility index (Phi) is 5.90. The van der Waals surface area contributed by atoms with Gasteiger partial charge in [0.1, 0.15) is 34.5 Å². The zero-order valence-corrected chi connectivity index (χ0v) is 17.0. The molecule has 0 saturated carbocycles. The maximum absolute atomic E-state index is 13.5. The molecule has 1 aliphatic rings. The summed E-state index contributed by atoms with van der Waals surface area (Å²) in [4.78, 5) is 19.9. The molecule has 174 valence electrons. The Morgan fingerprint density at radius 3 is 2.44 bits per heavy atom. The lowest BCUT2D eigenvalue weighted by molar-refractivity contribution is -0.137. The minimum absolute atomic E-state index is 0.0273. The number of halogens is 6. The lowest BCUT2D eigenvalue weighted by Gasteiger charge is -2.13. The Bertz CT molecular complexity index is 1350. The van der Waals surface area contributed by atoms with Crippen LogP contribution >= 0.6 is 0 Å². The first kappa shape index (κ1) is 23.1. The highest BCUT2D eigenvalue weighted by molar-refractivity contribution is 6.01. The minimum Gasteiger partial charge on any atom is -0.342 e. The zero-order chi connectivity index (χ0) is 24.5. The molecule has 0 atom stereocenters. The third-order valence-electron chi connectivity index (χ3n) is 4.88. The van der Waals surface area contributed by atoms with Gasteiger partial charge in [-0.15, -0.1) is 0 Å². The van der Waals surface area contributed by atoms with Crippen LogP contribution in [0, 0.1) is 11.3 Å². The van der Waals surface area contributed by atoms with Crippen molar-refractivity contribution in [3.63, 3.8) is 0 Å². The van der Waals surface area contributed by atoms with E-state index in [4.69, 9.17) is 5.26 Å². The number of hydrogen-bond donors (Lipinski definition) is 1. The van der Waals surface area contributed by atoms with Gasteiger partial charge in [-0.05, 0) is 31.0 Å². The Morgan fingerprint density at radius 2 is 1.74 bits per heavy atom. The van der Waals surface area contributed by atoms with Crippen LogP contribution in [0.15, 0.2) is 47.4 Å².